The number of nitrogens with one attached hydrogen (secondary N) is 2. The van der Waals surface area contributed by atoms with Gasteiger partial charge >= 0.3 is 0 Å². The molecular formula is C18H22ClN5O. The summed E-state index contributed by atoms with van der Waals surface area (Å²) in [5.74, 6) is 1.56. The van der Waals surface area contributed by atoms with E-state index in [2.05, 4.69) is 26.9 Å². The Morgan fingerprint density at radius 3 is 2.72 bits per heavy atom. The van der Waals surface area contributed by atoms with Crippen LogP contribution in [0.3, 0.4) is 0 Å². The SMILES string of the molecule is CCCCc1nc(Cl)c(CN(C)Cc2nc3ccccc3c(=O)[nH]2)[nH]1. The Morgan fingerprint density at radius 2 is 1.92 bits per heavy atom. The molecule has 6 nitrogen and oxygen atoms in total. The lowest BCUT2D eigenvalue weighted by Gasteiger charge is -2.15. The molecule has 0 amide bonds. The van der Waals surface area contributed by atoms with Crippen molar-refractivity contribution in [3.8, 4) is 0 Å². The van der Waals surface area contributed by atoms with Gasteiger partial charge in [0, 0.05) is 13.0 Å². The highest BCUT2D eigenvalue weighted by Gasteiger charge is 2.12. The van der Waals surface area contributed by atoms with Gasteiger partial charge in [0.05, 0.1) is 23.1 Å². The molecular weight excluding hydrogens is 338 g/mol. The summed E-state index contributed by atoms with van der Waals surface area (Å²) in [6, 6.07) is 7.34. The molecule has 0 aliphatic rings. The highest BCUT2D eigenvalue weighted by atomic mass is 35.5. The predicted molar refractivity (Wildman–Crippen MR) is 99.7 cm³/mol. The minimum atomic E-state index is -0.115. The molecule has 3 rings (SSSR count). The molecule has 1 aromatic carbocycles. The highest BCUT2D eigenvalue weighted by Crippen LogP contribution is 2.16. The zero-order valence-corrected chi connectivity index (χ0v) is 15.2. The predicted octanol–water partition coefficient (Wildman–Crippen LogP) is 3.27. The van der Waals surface area contributed by atoms with Crippen LogP contribution in [0.4, 0.5) is 0 Å². The van der Waals surface area contributed by atoms with Gasteiger partial charge in [-0.25, -0.2) is 9.97 Å². The van der Waals surface area contributed by atoms with Gasteiger partial charge in [-0.15, -0.1) is 0 Å². The van der Waals surface area contributed by atoms with E-state index in [1.165, 1.54) is 0 Å². The topological polar surface area (TPSA) is 77.7 Å². The lowest BCUT2D eigenvalue weighted by molar-refractivity contribution is 0.307. The minimum absolute atomic E-state index is 0.115. The van der Waals surface area contributed by atoms with Crippen LogP contribution in [0.15, 0.2) is 29.1 Å². The summed E-state index contributed by atoms with van der Waals surface area (Å²) in [6.07, 6.45) is 3.11. The number of hydrogen-bond donors (Lipinski definition) is 2. The normalized spacial score (nSPS) is 11.5. The maximum Gasteiger partial charge on any atom is 0.258 e. The Kier molecular flexibility index (Phi) is 5.50. The number of aryl methyl sites for hydroxylation is 1. The number of halogens is 1. The fraction of sp³-hybridized carbons (Fsp3) is 0.389. The first-order valence-electron chi connectivity index (χ1n) is 8.46. The highest BCUT2D eigenvalue weighted by molar-refractivity contribution is 6.30. The van der Waals surface area contributed by atoms with Gasteiger partial charge in [0.15, 0.2) is 5.15 Å². The van der Waals surface area contributed by atoms with Gasteiger partial charge in [-0.3, -0.25) is 9.69 Å². The summed E-state index contributed by atoms with van der Waals surface area (Å²) in [6.45, 7) is 3.27. The quantitative estimate of drug-likeness (QED) is 0.678. The fourth-order valence-corrected chi connectivity index (χ4v) is 3.01. The molecule has 0 fully saturated rings. The largest absolute Gasteiger partial charge is 0.344 e. The van der Waals surface area contributed by atoms with Gasteiger partial charge in [-0.2, -0.15) is 0 Å². The number of rotatable bonds is 7. The minimum Gasteiger partial charge on any atom is -0.344 e. The maximum absolute atomic E-state index is 12.1. The Morgan fingerprint density at radius 1 is 1.12 bits per heavy atom. The number of H-pyrrole nitrogens is 2. The summed E-state index contributed by atoms with van der Waals surface area (Å²) in [5.41, 5.74) is 1.48. The first-order chi connectivity index (χ1) is 12.1. The van der Waals surface area contributed by atoms with Crippen LogP contribution in [0.2, 0.25) is 5.15 Å². The van der Waals surface area contributed by atoms with Crippen LogP contribution in [-0.2, 0) is 19.5 Å². The van der Waals surface area contributed by atoms with E-state index in [-0.39, 0.29) is 5.56 Å². The van der Waals surface area contributed by atoms with E-state index in [9.17, 15) is 4.79 Å². The first-order valence-corrected chi connectivity index (χ1v) is 8.84. The van der Waals surface area contributed by atoms with Crippen molar-refractivity contribution in [1.29, 1.82) is 0 Å². The second-order valence-electron chi connectivity index (χ2n) is 6.26. The van der Waals surface area contributed by atoms with Crippen molar-refractivity contribution in [3.05, 3.63) is 57.1 Å². The van der Waals surface area contributed by atoms with Crippen LogP contribution in [0.1, 0.15) is 37.1 Å². The zero-order valence-electron chi connectivity index (χ0n) is 14.5. The lowest BCUT2D eigenvalue weighted by atomic mass is 10.2. The fourth-order valence-electron chi connectivity index (χ4n) is 2.80. The standard InChI is InChI=1S/C18H22ClN5O/c1-3-4-9-15-21-14(17(19)22-15)10-24(2)11-16-20-13-8-6-5-7-12(13)18(25)23-16/h5-8H,3-4,9-11H2,1-2H3,(H,21,22)(H,20,23,25). The third-order valence-electron chi connectivity index (χ3n) is 4.05. The number of hydrogen-bond acceptors (Lipinski definition) is 4. The molecule has 0 saturated heterocycles. The zero-order chi connectivity index (χ0) is 17.8. The molecule has 0 atom stereocenters. The molecule has 2 heterocycles. The van der Waals surface area contributed by atoms with Crippen LogP contribution < -0.4 is 5.56 Å². The van der Waals surface area contributed by atoms with Crippen molar-refractivity contribution in [1.82, 2.24) is 24.8 Å². The third-order valence-corrected chi connectivity index (χ3v) is 4.37. The Hall–Kier alpha value is -2.18. The van der Waals surface area contributed by atoms with Gasteiger partial charge in [0.2, 0.25) is 0 Å². The van der Waals surface area contributed by atoms with Crippen LogP contribution in [0, 0.1) is 0 Å². The second kappa shape index (κ2) is 7.80. The van der Waals surface area contributed by atoms with Crippen LogP contribution in [-0.4, -0.2) is 31.9 Å². The molecule has 0 aliphatic carbocycles. The van der Waals surface area contributed by atoms with E-state index < -0.39 is 0 Å². The number of fused-ring (bicyclic) bond motifs is 1. The molecule has 0 saturated carbocycles. The molecule has 2 aromatic heterocycles. The molecule has 0 radical (unpaired) electrons. The smallest absolute Gasteiger partial charge is 0.258 e. The number of unbranched alkanes of at least 4 members (excludes halogenated alkanes) is 1. The maximum atomic E-state index is 12.1. The molecule has 0 aliphatic heterocycles. The van der Waals surface area contributed by atoms with E-state index in [0.717, 1.165) is 30.8 Å². The van der Waals surface area contributed by atoms with Gasteiger partial charge in [-0.1, -0.05) is 37.1 Å². The number of aromatic amines is 2. The number of benzene rings is 1. The summed E-state index contributed by atoms with van der Waals surface area (Å²) >= 11 is 6.23. The van der Waals surface area contributed by atoms with E-state index in [4.69, 9.17) is 11.6 Å². The van der Waals surface area contributed by atoms with Gasteiger partial charge < -0.3 is 9.97 Å². The van der Waals surface area contributed by atoms with E-state index in [0.29, 0.717) is 35.0 Å². The van der Waals surface area contributed by atoms with Crippen molar-refractivity contribution in [2.24, 2.45) is 0 Å². The van der Waals surface area contributed by atoms with Crippen molar-refractivity contribution >= 4 is 22.5 Å². The number of imidazole rings is 1. The first kappa shape index (κ1) is 17.6. The van der Waals surface area contributed by atoms with E-state index >= 15 is 0 Å². The summed E-state index contributed by atoms with van der Waals surface area (Å²) < 4.78 is 0. The van der Waals surface area contributed by atoms with Crippen LogP contribution >= 0.6 is 11.6 Å². The number of para-hydroxylation sites is 1. The van der Waals surface area contributed by atoms with Crippen LogP contribution in [0.25, 0.3) is 10.9 Å². The van der Waals surface area contributed by atoms with Crippen molar-refractivity contribution < 1.29 is 0 Å². The molecule has 3 aromatic rings. The Bertz CT molecular complexity index is 917. The Labute approximate surface area is 151 Å². The average molecular weight is 360 g/mol. The molecule has 2 N–H and O–H groups in total. The monoisotopic (exact) mass is 359 g/mol. The second-order valence-corrected chi connectivity index (χ2v) is 6.62. The molecule has 25 heavy (non-hydrogen) atoms. The number of nitrogens with zero attached hydrogens (tertiary/aromatic N) is 3. The van der Waals surface area contributed by atoms with Crippen molar-refractivity contribution in [3.63, 3.8) is 0 Å². The van der Waals surface area contributed by atoms with E-state index in [1.807, 2.05) is 30.1 Å². The van der Waals surface area contributed by atoms with E-state index in [1.54, 1.807) is 6.07 Å². The molecule has 0 bridgehead atoms. The number of aromatic nitrogens is 4. The Balaban J connectivity index is 1.71. The third kappa shape index (κ3) is 4.27. The van der Waals surface area contributed by atoms with Gasteiger partial charge in [-0.05, 0) is 25.6 Å². The van der Waals surface area contributed by atoms with Crippen LogP contribution in [0.5, 0.6) is 0 Å². The van der Waals surface area contributed by atoms with Crippen molar-refractivity contribution in [2.75, 3.05) is 7.05 Å². The lowest BCUT2D eigenvalue weighted by Crippen LogP contribution is -2.22. The summed E-state index contributed by atoms with van der Waals surface area (Å²) in [7, 11) is 1.96. The van der Waals surface area contributed by atoms with Gasteiger partial charge in [0.1, 0.15) is 11.6 Å². The molecule has 0 spiro atoms. The summed E-state index contributed by atoms with van der Waals surface area (Å²) in [4.78, 5) is 29.2. The molecule has 0 unspecified atom stereocenters. The van der Waals surface area contributed by atoms with Gasteiger partial charge in [0.25, 0.3) is 5.56 Å². The molecule has 132 valence electrons. The summed E-state index contributed by atoms with van der Waals surface area (Å²) in [5, 5.41) is 1.11. The average Bonchev–Trinajstić information content (AvgIpc) is 2.92. The molecule has 7 heteroatoms. The van der Waals surface area contributed by atoms with Crippen molar-refractivity contribution in [2.45, 2.75) is 39.3 Å².